The summed E-state index contributed by atoms with van der Waals surface area (Å²) in [6.45, 7) is 1.91. The highest BCUT2D eigenvalue weighted by molar-refractivity contribution is 7.99. The molecule has 0 fully saturated rings. The molecule has 6 nitrogen and oxygen atoms in total. The van der Waals surface area contributed by atoms with Crippen LogP contribution in [0.3, 0.4) is 0 Å². The number of hydrogen-bond acceptors (Lipinski definition) is 5. The van der Waals surface area contributed by atoms with Gasteiger partial charge in [-0.1, -0.05) is 30.8 Å². The molecule has 2 N–H and O–H groups in total. The van der Waals surface area contributed by atoms with Crippen LogP contribution in [-0.2, 0) is 0 Å². The molecule has 1 heterocycles. The second kappa shape index (κ2) is 7.51. The van der Waals surface area contributed by atoms with Gasteiger partial charge in [-0.05, 0) is 23.4 Å². The number of thioether (sulfide) groups is 1. The summed E-state index contributed by atoms with van der Waals surface area (Å²) < 4.78 is 12.7. The molecule has 2 rings (SSSR count). The Balaban J connectivity index is 2.05. The number of carbonyl (C=O) groups excluding carboxylic acids is 1. The van der Waals surface area contributed by atoms with Gasteiger partial charge in [-0.15, -0.1) is 0 Å². The van der Waals surface area contributed by atoms with Crippen molar-refractivity contribution in [1.82, 2.24) is 15.4 Å². The lowest BCUT2D eigenvalue weighted by atomic mass is 10.2. The first-order chi connectivity index (χ1) is 10.6. The highest BCUT2D eigenvalue weighted by Gasteiger charge is 2.09. The zero-order chi connectivity index (χ0) is 15.9. The number of nitrogens with zero attached hydrogens (tertiary/aromatic N) is 2. The lowest BCUT2D eigenvalue weighted by Crippen LogP contribution is -2.22. The van der Waals surface area contributed by atoms with E-state index in [9.17, 15) is 14.0 Å². The zero-order valence-electron chi connectivity index (χ0n) is 11.7. The Kier molecular flexibility index (Phi) is 5.42. The summed E-state index contributed by atoms with van der Waals surface area (Å²) in [6, 6.07) is 6.72. The maximum absolute atomic E-state index is 12.7. The largest absolute Gasteiger partial charge is 0.301 e. The van der Waals surface area contributed by atoms with E-state index in [0.717, 1.165) is 11.8 Å². The van der Waals surface area contributed by atoms with Crippen LogP contribution in [0.5, 0.6) is 0 Å². The molecule has 0 bridgehead atoms. The van der Waals surface area contributed by atoms with Gasteiger partial charge in [-0.2, -0.15) is 5.10 Å². The minimum atomic E-state index is -0.595. The Morgan fingerprint density at radius 2 is 2.18 bits per heavy atom. The van der Waals surface area contributed by atoms with Crippen LogP contribution in [-0.4, -0.2) is 27.8 Å². The minimum absolute atomic E-state index is 0.0176. The van der Waals surface area contributed by atoms with Crippen molar-refractivity contribution in [2.24, 2.45) is 5.10 Å². The van der Waals surface area contributed by atoms with Gasteiger partial charge in [0.1, 0.15) is 11.5 Å². The maximum atomic E-state index is 12.7. The summed E-state index contributed by atoms with van der Waals surface area (Å²) in [6.07, 6.45) is 1.37. The first-order valence-electron chi connectivity index (χ1n) is 6.41. The molecule has 1 aromatic heterocycles. The summed E-state index contributed by atoms with van der Waals surface area (Å²) in [5.74, 6) is -0.228. The van der Waals surface area contributed by atoms with Crippen molar-refractivity contribution in [1.29, 1.82) is 0 Å². The zero-order valence-corrected chi connectivity index (χ0v) is 12.5. The molecule has 0 aliphatic rings. The van der Waals surface area contributed by atoms with Crippen molar-refractivity contribution in [3.05, 3.63) is 57.8 Å². The van der Waals surface area contributed by atoms with E-state index in [1.807, 2.05) is 6.92 Å². The number of amides is 1. The predicted molar refractivity (Wildman–Crippen MR) is 82.7 cm³/mol. The number of nitrogens with one attached hydrogen (secondary N) is 2. The monoisotopic (exact) mass is 320 g/mol. The van der Waals surface area contributed by atoms with Gasteiger partial charge in [0.25, 0.3) is 11.5 Å². The molecule has 1 amide bonds. The number of hydrazone groups is 1. The Morgan fingerprint density at radius 1 is 1.45 bits per heavy atom. The van der Waals surface area contributed by atoms with E-state index in [1.54, 1.807) is 0 Å². The molecule has 0 aliphatic heterocycles. The van der Waals surface area contributed by atoms with Crippen molar-refractivity contribution in [3.8, 4) is 0 Å². The summed E-state index contributed by atoms with van der Waals surface area (Å²) in [7, 11) is 0. The molecule has 0 radical (unpaired) electrons. The van der Waals surface area contributed by atoms with Crippen LogP contribution in [0.4, 0.5) is 4.39 Å². The van der Waals surface area contributed by atoms with E-state index < -0.39 is 11.5 Å². The van der Waals surface area contributed by atoms with Crippen molar-refractivity contribution in [2.75, 3.05) is 5.75 Å². The highest BCUT2D eigenvalue weighted by atomic mass is 32.2. The Morgan fingerprint density at radius 3 is 2.86 bits per heavy atom. The van der Waals surface area contributed by atoms with Crippen molar-refractivity contribution >= 4 is 23.9 Å². The first kappa shape index (κ1) is 15.9. The summed E-state index contributed by atoms with van der Waals surface area (Å²) >= 11 is 1.32. The highest BCUT2D eigenvalue weighted by Crippen LogP contribution is 2.09. The van der Waals surface area contributed by atoms with Crippen LogP contribution in [0.1, 0.15) is 23.0 Å². The minimum Gasteiger partial charge on any atom is -0.301 e. The van der Waals surface area contributed by atoms with Gasteiger partial charge in [-0.3, -0.25) is 9.59 Å². The van der Waals surface area contributed by atoms with Crippen LogP contribution in [0.2, 0.25) is 0 Å². The van der Waals surface area contributed by atoms with Crippen LogP contribution in [0, 0.1) is 5.82 Å². The normalized spacial score (nSPS) is 10.8. The third-order valence-corrected chi connectivity index (χ3v) is 3.24. The van der Waals surface area contributed by atoms with Gasteiger partial charge in [-0.25, -0.2) is 14.8 Å². The SMILES string of the molecule is CCSc1nc(C(=O)N/N=C/c2ccc(F)cc2)cc(=O)[nH]1. The number of rotatable bonds is 5. The second-order valence-corrected chi connectivity index (χ2v) is 5.37. The number of carbonyl (C=O) groups is 1. The van der Waals surface area contributed by atoms with E-state index in [-0.39, 0.29) is 11.5 Å². The molecule has 8 heteroatoms. The van der Waals surface area contributed by atoms with Gasteiger partial charge in [0, 0.05) is 6.07 Å². The molecule has 2 aromatic rings. The number of aromatic nitrogens is 2. The average Bonchev–Trinajstić information content (AvgIpc) is 2.49. The van der Waals surface area contributed by atoms with Crippen LogP contribution in [0.25, 0.3) is 0 Å². The molecule has 22 heavy (non-hydrogen) atoms. The maximum Gasteiger partial charge on any atom is 0.290 e. The third kappa shape index (κ3) is 4.52. The average molecular weight is 320 g/mol. The van der Waals surface area contributed by atoms with E-state index >= 15 is 0 Å². The Labute approximate surface area is 129 Å². The Hall–Kier alpha value is -2.48. The van der Waals surface area contributed by atoms with Gasteiger partial charge in [0.15, 0.2) is 5.16 Å². The molecule has 0 saturated heterocycles. The van der Waals surface area contributed by atoms with Crippen LogP contribution >= 0.6 is 11.8 Å². The van der Waals surface area contributed by atoms with Crippen LogP contribution < -0.4 is 11.0 Å². The third-order valence-electron chi connectivity index (χ3n) is 2.48. The molecular formula is C14H13FN4O2S. The molecule has 0 unspecified atom stereocenters. The molecule has 0 atom stereocenters. The number of aromatic amines is 1. The quantitative estimate of drug-likeness (QED) is 0.380. The standard InChI is InChI=1S/C14H13FN4O2S/c1-2-22-14-17-11(7-12(20)18-14)13(21)19-16-8-9-3-5-10(15)6-4-9/h3-8H,2H2,1H3,(H,19,21)(H,17,18,20)/b16-8+. The molecule has 0 saturated carbocycles. The summed E-state index contributed by atoms with van der Waals surface area (Å²) in [4.78, 5) is 29.9. The van der Waals surface area contributed by atoms with Gasteiger partial charge in [0.05, 0.1) is 6.21 Å². The van der Waals surface area contributed by atoms with E-state index in [0.29, 0.717) is 10.7 Å². The van der Waals surface area contributed by atoms with Crippen molar-refractivity contribution < 1.29 is 9.18 Å². The number of benzene rings is 1. The lowest BCUT2D eigenvalue weighted by molar-refractivity contribution is 0.0949. The van der Waals surface area contributed by atoms with Gasteiger partial charge < -0.3 is 4.98 Å². The van der Waals surface area contributed by atoms with E-state index in [4.69, 9.17) is 0 Å². The van der Waals surface area contributed by atoms with Gasteiger partial charge >= 0.3 is 0 Å². The van der Waals surface area contributed by atoms with Crippen LogP contribution in [0.15, 0.2) is 45.4 Å². The fourth-order valence-corrected chi connectivity index (χ4v) is 2.14. The van der Waals surface area contributed by atoms with Crippen molar-refractivity contribution in [3.63, 3.8) is 0 Å². The first-order valence-corrected chi connectivity index (χ1v) is 7.40. The number of H-pyrrole nitrogens is 1. The fraction of sp³-hybridized carbons (Fsp3) is 0.143. The van der Waals surface area contributed by atoms with E-state index in [2.05, 4.69) is 20.5 Å². The fourth-order valence-electron chi connectivity index (χ4n) is 1.53. The Bertz CT molecular complexity index is 743. The molecular weight excluding hydrogens is 307 g/mol. The van der Waals surface area contributed by atoms with E-state index in [1.165, 1.54) is 42.2 Å². The molecule has 1 aromatic carbocycles. The van der Waals surface area contributed by atoms with Gasteiger partial charge in [0.2, 0.25) is 0 Å². The lowest BCUT2D eigenvalue weighted by Gasteiger charge is -2.01. The number of hydrogen-bond donors (Lipinski definition) is 2. The molecule has 0 aliphatic carbocycles. The molecule has 0 spiro atoms. The second-order valence-electron chi connectivity index (χ2n) is 4.12. The topological polar surface area (TPSA) is 87.2 Å². The number of halogens is 1. The summed E-state index contributed by atoms with van der Waals surface area (Å²) in [5.41, 5.74) is 2.48. The molecule has 114 valence electrons. The van der Waals surface area contributed by atoms with Crippen molar-refractivity contribution in [2.45, 2.75) is 12.1 Å². The smallest absolute Gasteiger partial charge is 0.290 e. The predicted octanol–water partition coefficient (Wildman–Crippen LogP) is 1.78. The summed E-state index contributed by atoms with van der Waals surface area (Å²) in [5, 5.41) is 4.12.